The summed E-state index contributed by atoms with van der Waals surface area (Å²) in [6, 6.07) is 9.28. The van der Waals surface area contributed by atoms with E-state index in [-0.39, 0.29) is 0 Å². The Morgan fingerprint density at radius 2 is 1.54 bits per heavy atom. The van der Waals surface area contributed by atoms with E-state index in [1.54, 1.807) is 6.42 Å². The molecule has 3 nitrogen and oxygen atoms in total. The minimum atomic E-state index is 0.878. The summed E-state index contributed by atoms with van der Waals surface area (Å²) in [6.45, 7) is 6.64. The summed E-state index contributed by atoms with van der Waals surface area (Å²) in [6.07, 6.45) is 7.62. The normalized spacial score (nSPS) is 36.3. The molecule has 5 aliphatic rings. The number of piperazine rings is 1. The molecule has 0 unspecified atom stereocenters. The highest BCUT2D eigenvalue weighted by Gasteiger charge is 2.50. The highest BCUT2D eigenvalue weighted by molar-refractivity contribution is 7.80. The fourth-order valence-electron chi connectivity index (χ4n) is 6.62. The summed E-state index contributed by atoms with van der Waals surface area (Å²) in [5, 5.41) is 4.36. The lowest BCUT2D eigenvalue weighted by Gasteiger charge is -2.58. The van der Waals surface area contributed by atoms with E-state index >= 15 is 0 Å². The van der Waals surface area contributed by atoms with Gasteiger partial charge in [0, 0.05) is 37.9 Å². The standard InChI is InChI=1S/C22H31N3S/c1-15-4-2-3-5-20(15)23-22(26)25-8-6-24(7-9-25)21-18-11-16-10-17(13-18)14-19(21)12-16/h2-5,16-19,21H,6-14H2,1H3,(H,23,26). The lowest BCUT2D eigenvalue weighted by molar-refractivity contribution is -0.0726. The van der Waals surface area contributed by atoms with Crippen molar-refractivity contribution in [2.75, 3.05) is 31.5 Å². The molecule has 1 heterocycles. The average molecular weight is 370 g/mol. The smallest absolute Gasteiger partial charge is 0.173 e. The van der Waals surface area contributed by atoms with E-state index in [4.69, 9.17) is 12.2 Å². The Kier molecular flexibility index (Phi) is 4.44. The van der Waals surface area contributed by atoms with Crippen LogP contribution in [0.15, 0.2) is 24.3 Å². The summed E-state index contributed by atoms with van der Waals surface area (Å²) < 4.78 is 0. The first-order valence-electron chi connectivity index (χ1n) is 10.5. The minimum Gasteiger partial charge on any atom is -0.346 e. The molecule has 1 saturated heterocycles. The minimum absolute atomic E-state index is 0.878. The van der Waals surface area contributed by atoms with E-state index in [1.807, 2.05) is 0 Å². The van der Waals surface area contributed by atoms with Gasteiger partial charge >= 0.3 is 0 Å². The van der Waals surface area contributed by atoms with Gasteiger partial charge in [-0.25, -0.2) is 0 Å². The van der Waals surface area contributed by atoms with Crippen molar-refractivity contribution in [2.24, 2.45) is 23.7 Å². The van der Waals surface area contributed by atoms with Crippen LogP contribution in [0.1, 0.15) is 37.7 Å². The predicted molar refractivity (Wildman–Crippen MR) is 111 cm³/mol. The number of aryl methyl sites for hydroxylation is 1. The van der Waals surface area contributed by atoms with Crippen molar-refractivity contribution in [3.63, 3.8) is 0 Å². The zero-order chi connectivity index (χ0) is 17.7. The second kappa shape index (κ2) is 6.79. The number of para-hydroxylation sites is 1. The quantitative estimate of drug-likeness (QED) is 0.790. The maximum atomic E-state index is 5.71. The predicted octanol–water partition coefficient (Wildman–Crippen LogP) is 4.13. The van der Waals surface area contributed by atoms with E-state index in [1.165, 1.54) is 44.3 Å². The van der Waals surface area contributed by atoms with Crippen LogP contribution < -0.4 is 5.32 Å². The maximum absolute atomic E-state index is 5.71. The van der Waals surface area contributed by atoms with E-state index in [0.717, 1.165) is 53.6 Å². The molecule has 4 heteroatoms. The Balaban J connectivity index is 1.19. The molecule has 1 N–H and O–H groups in total. The van der Waals surface area contributed by atoms with Gasteiger partial charge < -0.3 is 10.2 Å². The van der Waals surface area contributed by atoms with Crippen LogP contribution in [0.2, 0.25) is 0 Å². The Labute approximate surface area is 163 Å². The van der Waals surface area contributed by atoms with Crippen molar-refractivity contribution in [2.45, 2.75) is 45.1 Å². The average Bonchev–Trinajstić information content (AvgIpc) is 2.63. The Bertz CT molecular complexity index is 652. The van der Waals surface area contributed by atoms with E-state index in [9.17, 15) is 0 Å². The first-order valence-corrected chi connectivity index (χ1v) is 10.9. The zero-order valence-corrected chi connectivity index (χ0v) is 16.7. The third-order valence-electron chi connectivity index (χ3n) is 7.59. The van der Waals surface area contributed by atoms with Gasteiger partial charge in [-0.2, -0.15) is 0 Å². The van der Waals surface area contributed by atoms with Crippen molar-refractivity contribution in [1.82, 2.24) is 9.80 Å². The first-order chi connectivity index (χ1) is 12.7. The van der Waals surface area contributed by atoms with E-state index in [2.05, 4.69) is 46.3 Å². The lowest BCUT2D eigenvalue weighted by atomic mass is 9.54. The maximum Gasteiger partial charge on any atom is 0.173 e. The number of thiocarbonyl (C=S) groups is 1. The Hall–Kier alpha value is -1.13. The summed E-state index contributed by atoms with van der Waals surface area (Å²) in [5.41, 5.74) is 2.39. The topological polar surface area (TPSA) is 18.5 Å². The van der Waals surface area contributed by atoms with Crippen LogP contribution in [-0.4, -0.2) is 47.1 Å². The molecule has 1 aromatic carbocycles. The van der Waals surface area contributed by atoms with Crippen molar-refractivity contribution in [1.29, 1.82) is 0 Å². The van der Waals surface area contributed by atoms with Crippen LogP contribution in [0.5, 0.6) is 0 Å². The molecule has 0 atom stereocenters. The van der Waals surface area contributed by atoms with Crippen molar-refractivity contribution < 1.29 is 0 Å². The molecular weight excluding hydrogens is 338 g/mol. The van der Waals surface area contributed by atoms with E-state index in [0.29, 0.717) is 0 Å². The second-order valence-electron chi connectivity index (χ2n) is 9.19. The molecule has 4 bridgehead atoms. The van der Waals surface area contributed by atoms with Crippen molar-refractivity contribution in [3.05, 3.63) is 29.8 Å². The molecule has 4 aliphatic carbocycles. The first kappa shape index (κ1) is 17.0. The van der Waals surface area contributed by atoms with Gasteiger partial charge in [0.15, 0.2) is 5.11 Å². The van der Waals surface area contributed by atoms with Gasteiger partial charge in [-0.15, -0.1) is 0 Å². The molecule has 5 fully saturated rings. The zero-order valence-electron chi connectivity index (χ0n) is 15.9. The van der Waals surface area contributed by atoms with Crippen LogP contribution in [0.4, 0.5) is 5.69 Å². The number of benzene rings is 1. The van der Waals surface area contributed by atoms with Gasteiger partial charge in [0.05, 0.1) is 0 Å². The van der Waals surface area contributed by atoms with Gasteiger partial charge in [-0.3, -0.25) is 4.90 Å². The number of hydrogen-bond acceptors (Lipinski definition) is 2. The lowest BCUT2D eigenvalue weighted by Crippen LogP contribution is -2.60. The third kappa shape index (κ3) is 3.05. The SMILES string of the molecule is Cc1ccccc1NC(=S)N1CCN(C2C3CC4CC(C3)CC2C4)CC1. The second-order valence-corrected chi connectivity index (χ2v) is 9.58. The largest absolute Gasteiger partial charge is 0.346 e. The van der Waals surface area contributed by atoms with Crippen LogP contribution in [-0.2, 0) is 0 Å². The summed E-state index contributed by atoms with van der Waals surface area (Å²) in [5.74, 6) is 4.13. The molecule has 6 rings (SSSR count). The molecule has 26 heavy (non-hydrogen) atoms. The fourth-order valence-corrected chi connectivity index (χ4v) is 6.92. The van der Waals surface area contributed by atoms with Crippen molar-refractivity contribution >= 4 is 23.0 Å². The Morgan fingerprint density at radius 3 is 2.15 bits per heavy atom. The van der Waals surface area contributed by atoms with Crippen LogP contribution in [0, 0.1) is 30.6 Å². The molecule has 0 spiro atoms. The molecule has 1 aliphatic heterocycles. The van der Waals surface area contributed by atoms with Crippen LogP contribution in [0.3, 0.4) is 0 Å². The highest BCUT2D eigenvalue weighted by atomic mass is 32.1. The van der Waals surface area contributed by atoms with Gasteiger partial charge in [0.2, 0.25) is 0 Å². The van der Waals surface area contributed by atoms with Gasteiger partial charge in [-0.05, 0) is 86.5 Å². The molecule has 0 radical (unpaired) electrons. The molecular formula is C22H31N3S. The summed E-state index contributed by atoms with van der Waals surface area (Å²) >= 11 is 5.71. The van der Waals surface area contributed by atoms with Gasteiger partial charge in [0.1, 0.15) is 0 Å². The molecule has 1 aromatic rings. The number of nitrogens with one attached hydrogen (secondary N) is 1. The molecule has 4 saturated carbocycles. The van der Waals surface area contributed by atoms with Gasteiger partial charge in [0.25, 0.3) is 0 Å². The van der Waals surface area contributed by atoms with Crippen molar-refractivity contribution in [3.8, 4) is 0 Å². The summed E-state index contributed by atoms with van der Waals surface area (Å²) in [4.78, 5) is 5.20. The molecule has 0 aromatic heterocycles. The van der Waals surface area contributed by atoms with Crippen LogP contribution in [0.25, 0.3) is 0 Å². The monoisotopic (exact) mass is 369 g/mol. The van der Waals surface area contributed by atoms with Crippen LogP contribution >= 0.6 is 12.2 Å². The van der Waals surface area contributed by atoms with Gasteiger partial charge in [-0.1, -0.05) is 18.2 Å². The molecule has 140 valence electrons. The molecule has 0 amide bonds. The third-order valence-corrected chi connectivity index (χ3v) is 7.95. The highest BCUT2D eigenvalue weighted by Crippen LogP contribution is 2.55. The number of hydrogen-bond donors (Lipinski definition) is 1. The fraction of sp³-hybridized carbons (Fsp3) is 0.682. The number of nitrogens with zero attached hydrogens (tertiary/aromatic N) is 2. The Morgan fingerprint density at radius 1 is 0.923 bits per heavy atom. The summed E-state index contributed by atoms with van der Waals surface area (Å²) in [7, 11) is 0. The number of rotatable bonds is 2. The number of anilines is 1. The van der Waals surface area contributed by atoms with E-state index < -0.39 is 0 Å².